The van der Waals surface area contributed by atoms with Crippen LogP contribution in [0.2, 0.25) is 0 Å². The molecule has 0 heterocycles. The van der Waals surface area contributed by atoms with Crippen molar-refractivity contribution in [2.45, 2.75) is 12.4 Å². The van der Waals surface area contributed by atoms with Gasteiger partial charge in [-0.15, -0.1) is 0 Å². The van der Waals surface area contributed by atoms with Crippen LogP contribution in [0.3, 0.4) is 0 Å². The number of rotatable bonds is 1. The van der Waals surface area contributed by atoms with E-state index in [1.165, 1.54) is 0 Å². The van der Waals surface area contributed by atoms with Crippen molar-refractivity contribution in [1.82, 2.24) is 4.90 Å². The van der Waals surface area contributed by atoms with E-state index in [2.05, 4.69) is 0 Å². The third kappa shape index (κ3) is 4.11. The molecule has 0 amide bonds. The first kappa shape index (κ1) is 12.9. The molecule has 0 aliphatic carbocycles. The van der Waals surface area contributed by atoms with Gasteiger partial charge in [0.2, 0.25) is 6.23 Å². The Morgan fingerprint density at radius 1 is 1.30 bits per heavy atom. The average molecular weight is 207 g/mol. The van der Waals surface area contributed by atoms with E-state index in [1.807, 2.05) is 0 Å². The fourth-order valence-electron chi connectivity index (χ4n) is 0.293. The summed E-state index contributed by atoms with van der Waals surface area (Å²) >= 11 is 0. The van der Waals surface area contributed by atoms with Gasteiger partial charge in [0.05, 0.1) is 0 Å². The van der Waals surface area contributed by atoms with E-state index in [1.54, 1.807) is 0 Å². The molecule has 0 saturated heterocycles. The van der Waals surface area contributed by atoms with Crippen molar-refractivity contribution in [3.8, 4) is 0 Å². The summed E-state index contributed by atoms with van der Waals surface area (Å²) in [6, 6.07) is 0. The molecule has 10 heavy (non-hydrogen) atoms. The molecule has 0 aromatic carbocycles. The average Bonchev–Trinajstić information content (AvgIpc) is 1.62. The Hall–Kier alpha value is 0.229. The summed E-state index contributed by atoms with van der Waals surface area (Å²) in [5, 5.41) is 8.26. The Bertz CT molecular complexity index is 95.0. The van der Waals surface area contributed by atoms with Crippen LogP contribution in [0.25, 0.3) is 0 Å². The number of aliphatic hydroxyl groups is 1. The van der Waals surface area contributed by atoms with Gasteiger partial charge in [-0.05, 0) is 14.1 Å². The molecule has 0 aliphatic rings. The van der Waals surface area contributed by atoms with E-state index < -0.39 is 12.4 Å². The van der Waals surface area contributed by atoms with E-state index in [0.717, 1.165) is 14.1 Å². The first-order valence-electron chi connectivity index (χ1n) is 2.27. The van der Waals surface area contributed by atoms with Crippen LogP contribution in [0.5, 0.6) is 0 Å². The first-order chi connectivity index (χ1) is 3.85. The Kier molecular flexibility index (Phi) is 5.38. The summed E-state index contributed by atoms with van der Waals surface area (Å²) in [4.78, 5) is 0.681. The third-order valence-electron chi connectivity index (χ3n) is 0.782. The fraction of sp³-hybridized carbons (Fsp3) is 1.00. The monoisotopic (exact) mass is 206 g/mol. The summed E-state index contributed by atoms with van der Waals surface area (Å²) in [5.74, 6) is 0. The van der Waals surface area contributed by atoms with Gasteiger partial charge in [-0.3, -0.25) is 4.90 Å². The second-order valence-corrected chi connectivity index (χ2v) is 1.88. The molecular formula is C4H8CuF3NO. The minimum atomic E-state index is -4.54. The molecule has 1 N–H and O–H groups in total. The minimum Gasteiger partial charge on any atom is -0.370 e. The molecule has 0 bridgehead atoms. The van der Waals surface area contributed by atoms with E-state index in [4.69, 9.17) is 5.11 Å². The fourth-order valence-corrected chi connectivity index (χ4v) is 0.293. The zero-order valence-electron chi connectivity index (χ0n) is 5.41. The number of hydrogen-bond donors (Lipinski definition) is 1. The molecule has 0 aromatic heterocycles. The largest absolute Gasteiger partial charge is 0.428 e. The zero-order chi connectivity index (χ0) is 7.65. The van der Waals surface area contributed by atoms with Gasteiger partial charge < -0.3 is 5.11 Å². The van der Waals surface area contributed by atoms with Gasteiger partial charge in [0.15, 0.2) is 0 Å². The molecule has 0 fully saturated rings. The summed E-state index contributed by atoms with van der Waals surface area (Å²) in [6.45, 7) is 0. The number of nitrogens with zero attached hydrogens (tertiary/aromatic N) is 1. The van der Waals surface area contributed by atoms with Crippen LogP contribution in [0, 0.1) is 0 Å². The third-order valence-corrected chi connectivity index (χ3v) is 0.782. The van der Waals surface area contributed by atoms with Crippen molar-refractivity contribution in [2.75, 3.05) is 14.1 Å². The van der Waals surface area contributed by atoms with Crippen molar-refractivity contribution < 1.29 is 35.3 Å². The van der Waals surface area contributed by atoms with Gasteiger partial charge in [-0.1, -0.05) is 0 Å². The number of halogens is 3. The van der Waals surface area contributed by atoms with E-state index in [0.29, 0.717) is 4.90 Å². The van der Waals surface area contributed by atoms with E-state index >= 15 is 0 Å². The Morgan fingerprint density at radius 3 is 1.60 bits per heavy atom. The van der Waals surface area contributed by atoms with Crippen molar-refractivity contribution in [3.63, 3.8) is 0 Å². The van der Waals surface area contributed by atoms with Crippen LogP contribution in [-0.2, 0) is 17.1 Å². The topological polar surface area (TPSA) is 23.5 Å². The number of aliphatic hydroxyl groups excluding tert-OH is 1. The van der Waals surface area contributed by atoms with Crippen molar-refractivity contribution >= 4 is 0 Å². The van der Waals surface area contributed by atoms with Crippen molar-refractivity contribution in [1.29, 1.82) is 0 Å². The smallest absolute Gasteiger partial charge is 0.370 e. The second kappa shape index (κ2) is 4.18. The Morgan fingerprint density at radius 2 is 1.60 bits per heavy atom. The molecule has 1 atom stereocenters. The maximum Gasteiger partial charge on any atom is 0.428 e. The molecule has 0 aliphatic heterocycles. The van der Waals surface area contributed by atoms with Gasteiger partial charge in [0.25, 0.3) is 0 Å². The van der Waals surface area contributed by atoms with E-state index in [-0.39, 0.29) is 17.1 Å². The van der Waals surface area contributed by atoms with Gasteiger partial charge in [-0.2, -0.15) is 13.2 Å². The maximum atomic E-state index is 11.4. The molecule has 0 spiro atoms. The normalized spacial score (nSPS) is 14.7. The van der Waals surface area contributed by atoms with Gasteiger partial charge in [-0.25, -0.2) is 0 Å². The van der Waals surface area contributed by atoms with Crippen LogP contribution < -0.4 is 0 Å². The van der Waals surface area contributed by atoms with Crippen LogP contribution in [-0.4, -0.2) is 36.5 Å². The maximum absolute atomic E-state index is 11.4. The molecule has 6 heteroatoms. The van der Waals surface area contributed by atoms with Crippen LogP contribution in [0.15, 0.2) is 0 Å². The summed E-state index contributed by atoms with van der Waals surface area (Å²) < 4.78 is 34.2. The molecule has 1 radical (unpaired) electrons. The molecule has 67 valence electrons. The van der Waals surface area contributed by atoms with Crippen LogP contribution in [0.4, 0.5) is 13.2 Å². The quantitative estimate of drug-likeness (QED) is 0.497. The zero-order valence-corrected chi connectivity index (χ0v) is 6.35. The summed E-state index contributed by atoms with van der Waals surface area (Å²) in [5.41, 5.74) is 0. The van der Waals surface area contributed by atoms with Gasteiger partial charge in [0, 0.05) is 17.1 Å². The van der Waals surface area contributed by atoms with Gasteiger partial charge in [0.1, 0.15) is 0 Å². The SMILES string of the molecule is CN(C)C(O)C(F)(F)F.[Cu]. The predicted molar refractivity (Wildman–Crippen MR) is 25.7 cm³/mol. The van der Waals surface area contributed by atoms with Gasteiger partial charge >= 0.3 is 6.18 Å². The molecular weight excluding hydrogens is 199 g/mol. The Balaban J connectivity index is 0. The molecule has 1 unspecified atom stereocenters. The standard InChI is InChI=1S/C4H8F3NO.Cu/c1-8(2)3(9)4(5,6)7;/h3,9H,1-2H3;. The van der Waals surface area contributed by atoms with Crippen LogP contribution in [0.1, 0.15) is 0 Å². The summed E-state index contributed by atoms with van der Waals surface area (Å²) in [7, 11) is 2.30. The predicted octanol–water partition coefficient (Wildman–Crippen LogP) is 0.426. The first-order valence-corrected chi connectivity index (χ1v) is 2.27. The minimum absolute atomic E-state index is 0. The summed E-state index contributed by atoms with van der Waals surface area (Å²) in [6.07, 6.45) is -6.89. The Labute approximate surface area is 67.5 Å². The molecule has 0 rings (SSSR count). The van der Waals surface area contributed by atoms with Crippen LogP contribution >= 0.6 is 0 Å². The van der Waals surface area contributed by atoms with Crippen molar-refractivity contribution in [3.05, 3.63) is 0 Å². The second-order valence-electron chi connectivity index (χ2n) is 1.88. The van der Waals surface area contributed by atoms with Crippen molar-refractivity contribution in [2.24, 2.45) is 0 Å². The molecule has 2 nitrogen and oxygen atoms in total. The molecule has 0 aromatic rings. The number of hydrogen-bond acceptors (Lipinski definition) is 2. The molecule has 0 saturated carbocycles. The number of alkyl halides is 3. The van der Waals surface area contributed by atoms with E-state index in [9.17, 15) is 13.2 Å².